The lowest BCUT2D eigenvalue weighted by atomic mass is 9.94. The van der Waals surface area contributed by atoms with Crippen molar-refractivity contribution < 1.29 is 0 Å². The molecule has 1 atom stereocenters. The zero-order valence-electron chi connectivity index (χ0n) is 12.0. The molecule has 0 bridgehead atoms. The van der Waals surface area contributed by atoms with Gasteiger partial charge in [-0.1, -0.05) is 36.4 Å². The zero-order chi connectivity index (χ0) is 13.9. The molecule has 0 saturated carbocycles. The molecule has 1 aliphatic heterocycles. The van der Waals surface area contributed by atoms with E-state index in [1.807, 2.05) is 0 Å². The molecule has 0 aromatic heterocycles. The van der Waals surface area contributed by atoms with Crippen LogP contribution in [-0.4, -0.2) is 12.6 Å². The van der Waals surface area contributed by atoms with E-state index >= 15 is 0 Å². The molecule has 20 heavy (non-hydrogen) atoms. The average molecular weight is 266 g/mol. The average Bonchev–Trinajstić information content (AvgIpc) is 2.49. The van der Waals surface area contributed by atoms with E-state index in [0.717, 1.165) is 6.42 Å². The topological polar surface area (TPSA) is 29.3 Å². The quantitative estimate of drug-likeness (QED) is 0.918. The van der Waals surface area contributed by atoms with Gasteiger partial charge >= 0.3 is 0 Å². The third-order valence-electron chi connectivity index (χ3n) is 4.19. The molecule has 2 heteroatoms. The molecule has 0 amide bonds. The van der Waals surface area contributed by atoms with Crippen LogP contribution in [0.3, 0.4) is 0 Å². The van der Waals surface area contributed by atoms with Gasteiger partial charge in [0.15, 0.2) is 0 Å². The monoisotopic (exact) mass is 266 g/mol. The molecular weight excluding hydrogens is 244 g/mol. The van der Waals surface area contributed by atoms with Crippen LogP contribution in [0.25, 0.3) is 0 Å². The van der Waals surface area contributed by atoms with Gasteiger partial charge in [-0.05, 0) is 56.0 Å². The minimum Gasteiger partial charge on any atom is -0.338 e. The third kappa shape index (κ3) is 2.32. The zero-order valence-corrected chi connectivity index (χ0v) is 12.0. The normalized spacial score (nSPS) is 17.9. The Morgan fingerprint density at radius 3 is 2.55 bits per heavy atom. The minimum atomic E-state index is 0.531. The number of para-hydroxylation sites is 2. The van der Waals surface area contributed by atoms with E-state index in [-0.39, 0.29) is 0 Å². The van der Waals surface area contributed by atoms with Gasteiger partial charge in [0.05, 0.1) is 0 Å². The Bertz CT molecular complexity index is 591. The van der Waals surface area contributed by atoms with Crippen LogP contribution in [0, 0.1) is 0 Å². The molecule has 1 unspecified atom stereocenters. The number of nitrogens with zero attached hydrogens (tertiary/aromatic N) is 1. The molecule has 2 aromatic rings. The summed E-state index contributed by atoms with van der Waals surface area (Å²) in [5.41, 5.74) is 11.2. The highest BCUT2D eigenvalue weighted by atomic mass is 15.2. The van der Waals surface area contributed by atoms with Gasteiger partial charge in [0.1, 0.15) is 0 Å². The number of anilines is 2. The maximum absolute atomic E-state index is 5.77. The Morgan fingerprint density at radius 2 is 1.75 bits per heavy atom. The highest BCUT2D eigenvalue weighted by Crippen LogP contribution is 2.38. The maximum atomic E-state index is 5.77. The molecule has 0 spiro atoms. The number of fused-ring (bicyclic) bond motifs is 1. The number of nitrogens with two attached hydrogens (primary N) is 1. The van der Waals surface area contributed by atoms with Gasteiger partial charge < -0.3 is 10.6 Å². The van der Waals surface area contributed by atoms with Gasteiger partial charge in [-0.2, -0.15) is 0 Å². The first-order valence-electron chi connectivity index (χ1n) is 7.46. The summed E-state index contributed by atoms with van der Waals surface area (Å²) in [6, 6.07) is 18.0. The van der Waals surface area contributed by atoms with Gasteiger partial charge in [0.25, 0.3) is 0 Å². The second-order valence-corrected chi connectivity index (χ2v) is 5.55. The van der Waals surface area contributed by atoms with Crippen molar-refractivity contribution in [3.05, 3.63) is 59.7 Å². The van der Waals surface area contributed by atoms with Gasteiger partial charge in [-0.15, -0.1) is 0 Å². The summed E-state index contributed by atoms with van der Waals surface area (Å²) >= 11 is 0. The maximum Gasteiger partial charge on any atom is 0.0446 e. The summed E-state index contributed by atoms with van der Waals surface area (Å²) in [7, 11) is 0. The van der Waals surface area contributed by atoms with E-state index in [1.165, 1.54) is 35.3 Å². The van der Waals surface area contributed by atoms with Crippen LogP contribution < -0.4 is 10.6 Å². The van der Waals surface area contributed by atoms with Gasteiger partial charge in [0.2, 0.25) is 0 Å². The second kappa shape index (κ2) is 5.68. The Hall–Kier alpha value is -1.80. The van der Waals surface area contributed by atoms with Gasteiger partial charge in [-0.3, -0.25) is 0 Å². The van der Waals surface area contributed by atoms with Crippen molar-refractivity contribution in [3.63, 3.8) is 0 Å². The van der Waals surface area contributed by atoms with Crippen LogP contribution >= 0.6 is 0 Å². The lowest BCUT2D eigenvalue weighted by Crippen LogP contribution is -2.34. The van der Waals surface area contributed by atoms with Crippen LogP contribution in [0.15, 0.2) is 48.5 Å². The van der Waals surface area contributed by atoms with Gasteiger partial charge in [-0.25, -0.2) is 0 Å². The fourth-order valence-corrected chi connectivity index (χ4v) is 3.17. The van der Waals surface area contributed by atoms with Crippen LogP contribution in [0.2, 0.25) is 0 Å². The first-order chi connectivity index (χ1) is 9.81. The molecule has 0 saturated heterocycles. The van der Waals surface area contributed by atoms with Crippen molar-refractivity contribution in [2.75, 3.05) is 11.4 Å². The van der Waals surface area contributed by atoms with E-state index in [2.05, 4.69) is 60.4 Å². The van der Waals surface area contributed by atoms with E-state index in [4.69, 9.17) is 5.73 Å². The molecule has 3 rings (SSSR count). The Kier molecular flexibility index (Phi) is 3.75. The number of aryl methyl sites for hydroxylation is 1. The molecule has 2 N–H and O–H groups in total. The van der Waals surface area contributed by atoms with Crippen molar-refractivity contribution in [1.82, 2.24) is 0 Å². The Morgan fingerprint density at radius 1 is 1.05 bits per heavy atom. The summed E-state index contributed by atoms with van der Waals surface area (Å²) in [5.74, 6) is 0. The fourth-order valence-electron chi connectivity index (χ4n) is 3.17. The summed E-state index contributed by atoms with van der Waals surface area (Å²) in [6.45, 7) is 3.01. The van der Waals surface area contributed by atoms with Crippen molar-refractivity contribution in [1.29, 1.82) is 0 Å². The largest absolute Gasteiger partial charge is 0.338 e. The SMILES string of the molecule is CC1CCc2ccccc2N1c1ccccc1CCN. The minimum absolute atomic E-state index is 0.531. The molecule has 1 heterocycles. The van der Waals surface area contributed by atoms with Crippen LogP contribution in [0.1, 0.15) is 24.5 Å². The van der Waals surface area contributed by atoms with E-state index in [0.29, 0.717) is 12.6 Å². The predicted octanol–water partition coefficient (Wildman–Crippen LogP) is 3.66. The highest BCUT2D eigenvalue weighted by molar-refractivity contribution is 5.71. The number of hydrogen-bond donors (Lipinski definition) is 1. The molecule has 0 radical (unpaired) electrons. The van der Waals surface area contributed by atoms with Crippen molar-refractivity contribution in [3.8, 4) is 0 Å². The van der Waals surface area contributed by atoms with E-state index in [9.17, 15) is 0 Å². The Labute approximate surface area is 121 Å². The number of rotatable bonds is 3. The van der Waals surface area contributed by atoms with E-state index in [1.54, 1.807) is 0 Å². The van der Waals surface area contributed by atoms with Gasteiger partial charge in [0, 0.05) is 17.4 Å². The smallest absolute Gasteiger partial charge is 0.0446 e. The molecule has 2 aromatic carbocycles. The molecule has 1 aliphatic rings. The van der Waals surface area contributed by atoms with Crippen LogP contribution in [0.4, 0.5) is 11.4 Å². The standard InChI is InChI=1S/C18H22N2/c1-14-10-11-15-6-2-4-8-17(15)20(14)18-9-5-3-7-16(18)12-13-19/h2-9,14H,10-13,19H2,1H3. The lowest BCUT2D eigenvalue weighted by Gasteiger charge is -2.38. The Balaban J connectivity index is 2.09. The van der Waals surface area contributed by atoms with Crippen molar-refractivity contribution in [2.45, 2.75) is 32.2 Å². The predicted molar refractivity (Wildman–Crippen MR) is 85.6 cm³/mol. The summed E-state index contributed by atoms with van der Waals surface area (Å²) < 4.78 is 0. The lowest BCUT2D eigenvalue weighted by molar-refractivity contribution is 0.616. The molecule has 0 aliphatic carbocycles. The molecule has 0 fully saturated rings. The molecular formula is C18H22N2. The number of hydrogen-bond acceptors (Lipinski definition) is 2. The third-order valence-corrected chi connectivity index (χ3v) is 4.19. The van der Waals surface area contributed by atoms with Crippen LogP contribution in [0.5, 0.6) is 0 Å². The van der Waals surface area contributed by atoms with Crippen molar-refractivity contribution >= 4 is 11.4 Å². The first-order valence-corrected chi connectivity index (χ1v) is 7.46. The van der Waals surface area contributed by atoms with Crippen molar-refractivity contribution in [2.24, 2.45) is 5.73 Å². The summed E-state index contributed by atoms with van der Waals surface area (Å²) in [4.78, 5) is 2.49. The second-order valence-electron chi connectivity index (χ2n) is 5.55. The summed E-state index contributed by atoms with van der Waals surface area (Å²) in [5, 5.41) is 0. The van der Waals surface area contributed by atoms with E-state index < -0.39 is 0 Å². The number of benzene rings is 2. The molecule has 104 valence electrons. The first kappa shape index (κ1) is 13.2. The fraction of sp³-hybridized carbons (Fsp3) is 0.333. The highest BCUT2D eigenvalue weighted by Gasteiger charge is 2.25. The van der Waals surface area contributed by atoms with Crippen LogP contribution in [-0.2, 0) is 12.8 Å². The summed E-state index contributed by atoms with van der Waals surface area (Å²) in [6.07, 6.45) is 3.31. The molecule has 2 nitrogen and oxygen atoms in total.